The Morgan fingerprint density at radius 1 is 0.529 bits per heavy atom. The number of anilines is 2. The van der Waals surface area contributed by atoms with Gasteiger partial charge in [0.15, 0.2) is 22.9 Å². The Kier molecular flexibility index (Phi) is 26.3. The lowest BCUT2D eigenvalue weighted by Crippen LogP contribution is -2.46. The molecule has 6 aromatic heterocycles. The molecule has 2 aliphatic rings. The van der Waals surface area contributed by atoms with Crippen LogP contribution >= 0.6 is 31.9 Å². The molecule has 10 rings (SSSR count). The predicted molar refractivity (Wildman–Crippen MR) is 428 cm³/mol. The molecule has 2 saturated carbocycles. The maximum absolute atomic E-state index is 14.3. The molecule has 0 saturated heterocycles. The van der Waals surface area contributed by atoms with Gasteiger partial charge in [0.1, 0.15) is 49.8 Å². The SMILES string of the molecule is CC(C)(C)OC(=O)N(Cc1nc2c(-c3cnc4ccc(F)cc4c3)cnn2c(N(COCC[Si](C)(C)C)COCC[Si](C)(C)C)c1Br)C1(CO)CC1.CCC1(N(Cc2nc3c(-c4cnc5ccc(F)cc5c4)cnn3c(N(COCC[Si](C)(C)C)COCC[Si](C)(C)C)c2Br)C(=O)OC(C)(C)C)CC1. The minimum absolute atomic E-state index is 0.0617. The third kappa shape index (κ3) is 22.2. The molecule has 2 aromatic carbocycles. The van der Waals surface area contributed by atoms with Crippen molar-refractivity contribution in [3.8, 4) is 22.3 Å². The molecule has 0 atom stereocenters. The maximum atomic E-state index is 14.3. The highest BCUT2D eigenvalue weighted by Gasteiger charge is 2.52. The first-order valence-electron chi connectivity index (χ1n) is 36.2. The van der Waals surface area contributed by atoms with Gasteiger partial charge in [-0.05, 0) is 178 Å². The molecule has 6 heterocycles. The van der Waals surface area contributed by atoms with Crippen molar-refractivity contribution >= 4 is 121 Å². The molecular weight excluding hydrogens is 1520 g/mol. The Morgan fingerprint density at radius 3 is 1.16 bits per heavy atom. The van der Waals surface area contributed by atoms with Crippen LogP contribution in [0.15, 0.2) is 82.3 Å². The topological polar surface area (TPSA) is 209 Å². The zero-order chi connectivity index (χ0) is 76.1. The van der Waals surface area contributed by atoms with E-state index in [4.69, 9.17) is 48.6 Å². The fraction of sp³-hybridized carbons (Fsp3) is 0.573. The lowest BCUT2D eigenvalue weighted by atomic mass is 10.1. The van der Waals surface area contributed by atoms with Crippen molar-refractivity contribution in [2.45, 2.75) is 219 Å². The summed E-state index contributed by atoms with van der Waals surface area (Å²) in [6.45, 7) is 44.8. The van der Waals surface area contributed by atoms with Crippen molar-refractivity contribution in [3.63, 3.8) is 0 Å². The third-order valence-corrected chi connectivity index (χ3v) is 26.8. The number of amides is 2. The number of halogens is 4. The van der Waals surface area contributed by atoms with Gasteiger partial charge in [0.25, 0.3) is 0 Å². The van der Waals surface area contributed by atoms with Crippen LogP contribution < -0.4 is 9.80 Å². The minimum atomic E-state index is -1.35. The summed E-state index contributed by atoms with van der Waals surface area (Å²) in [6, 6.07) is 16.9. The minimum Gasteiger partial charge on any atom is -0.444 e. The van der Waals surface area contributed by atoms with E-state index in [0.29, 0.717) is 115 Å². The molecule has 1 N–H and O–H groups in total. The lowest BCUT2D eigenvalue weighted by molar-refractivity contribution is 0.00166. The monoisotopic (exact) mass is 1630 g/mol. The van der Waals surface area contributed by atoms with Crippen molar-refractivity contribution in [2.75, 3.05) is 69.8 Å². The Bertz CT molecular complexity index is 4000. The summed E-state index contributed by atoms with van der Waals surface area (Å²) in [4.78, 5) is 54.7. The molecule has 0 radical (unpaired) electrons. The van der Waals surface area contributed by atoms with Crippen LogP contribution in [0.1, 0.15) is 92.0 Å². The van der Waals surface area contributed by atoms with Crippen LogP contribution in [0.5, 0.6) is 0 Å². The summed E-state index contributed by atoms with van der Waals surface area (Å²) in [5, 5.41) is 21.5. The molecule has 104 heavy (non-hydrogen) atoms. The summed E-state index contributed by atoms with van der Waals surface area (Å²) >= 11 is 7.82. The standard InChI is InChI=1S/C38H56BrFN6O4Si2.C37H54BrFN6O5Si2/c1-11-38(14-15-38)45(36(47)50-37(2,3)4)24-32-33(39)35(44(25-48-16-18-51(5,6)7)26-49-17-19-52(8,9)10)46-34(43-32)30(23-42-46)28-20-27-21-29(40)12-13-31(27)41-22-28;1-36(2,3)50-35(47)44(37(23-46)12-13-37)22-31-32(38)34(43(24-48-14-16-51(4,5)6)25-49-15-17-52(7,8)9)45-33(42-31)29(21-41-45)27-18-26-19-28(39)10-11-30(26)40-20-27/h12-13,20-23H,11,14-19,24-26H2,1-10H3;10-11,18-21,46H,12-17,22-25H2,1-9H3. The Morgan fingerprint density at radius 2 is 0.865 bits per heavy atom. The number of aliphatic hydroxyl groups is 1. The van der Waals surface area contributed by atoms with Crippen LogP contribution in [-0.2, 0) is 41.5 Å². The second-order valence-electron chi connectivity index (χ2n) is 34.7. The van der Waals surface area contributed by atoms with E-state index >= 15 is 0 Å². The molecule has 2 amide bonds. The molecule has 2 fully saturated rings. The van der Waals surface area contributed by atoms with Gasteiger partial charge >= 0.3 is 12.2 Å². The van der Waals surface area contributed by atoms with Gasteiger partial charge in [0.2, 0.25) is 0 Å². The Balaban J connectivity index is 0.000000241. The van der Waals surface area contributed by atoms with Gasteiger partial charge in [-0.2, -0.15) is 19.2 Å². The zero-order valence-electron chi connectivity index (χ0n) is 64.7. The number of hydrogen-bond acceptors (Lipinski definition) is 17. The number of hydrogen-bond donors (Lipinski definition) is 1. The van der Waals surface area contributed by atoms with Crippen molar-refractivity contribution in [1.82, 2.24) is 49.0 Å². The molecular formula is C75H110Br2F2N12O9Si4. The smallest absolute Gasteiger partial charge is 0.411 e. The first-order valence-corrected chi connectivity index (χ1v) is 52.7. The second-order valence-corrected chi connectivity index (χ2v) is 58.7. The summed E-state index contributed by atoms with van der Waals surface area (Å²) in [6.07, 6.45) is 9.99. The third-order valence-electron chi connectivity index (χ3n) is 18.3. The second kappa shape index (κ2) is 33.3. The van der Waals surface area contributed by atoms with E-state index in [9.17, 15) is 23.5 Å². The Hall–Kier alpha value is -5.87. The van der Waals surface area contributed by atoms with Gasteiger partial charge in [-0.1, -0.05) is 85.5 Å². The number of nitrogens with zero attached hydrogens (tertiary/aromatic N) is 12. The number of aromatic nitrogens is 8. The lowest BCUT2D eigenvalue weighted by Gasteiger charge is -2.34. The van der Waals surface area contributed by atoms with Crippen molar-refractivity contribution < 1.29 is 51.9 Å². The molecule has 0 spiro atoms. The van der Waals surface area contributed by atoms with Crippen LogP contribution in [0.2, 0.25) is 103 Å². The van der Waals surface area contributed by atoms with Gasteiger partial charge < -0.3 is 43.3 Å². The largest absolute Gasteiger partial charge is 0.444 e. The van der Waals surface area contributed by atoms with Crippen LogP contribution in [0, 0.1) is 11.6 Å². The summed E-state index contributed by atoms with van der Waals surface area (Å²) in [7, 11) is -5.36. The summed E-state index contributed by atoms with van der Waals surface area (Å²) in [5.41, 5.74) is 4.08. The van der Waals surface area contributed by atoms with E-state index in [1.807, 2.05) is 68.4 Å². The van der Waals surface area contributed by atoms with Gasteiger partial charge in [-0.3, -0.25) is 19.8 Å². The van der Waals surface area contributed by atoms with E-state index in [2.05, 4.69) is 127 Å². The van der Waals surface area contributed by atoms with Crippen LogP contribution in [0.3, 0.4) is 0 Å². The van der Waals surface area contributed by atoms with Crippen LogP contribution in [-0.4, -0.2) is 181 Å². The normalized spacial score (nSPS) is 14.6. The van der Waals surface area contributed by atoms with Crippen LogP contribution in [0.25, 0.3) is 55.4 Å². The fourth-order valence-electron chi connectivity index (χ4n) is 11.6. The summed E-state index contributed by atoms with van der Waals surface area (Å²) < 4.78 is 70.5. The number of ether oxygens (including phenoxy) is 6. The molecule has 29 heteroatoms. The van der Waals surface area contributed by atoms with Crippen molar-refractivity contribution in [3.05, 3.63) is 105 Å². The molecule has 0 bridgehead atoms. The number of carbonyl (C=O) groups is 2. The van der Waals surface area contributed by atoms with E-state index in [0.717, 1.165) is 54.6 Å². The van der Waals surface area contributed by atoms with Gasteiger partial charge in [-0.15, -0.1) is 0 Å². The maximum Gasteiger partial charge on any atom is 0.411 e. The van der Waals surface area contributed by atoms with E-state index in [1.54, 1.807) is 50.9 Å². The quantitative estimate of drug-likeness (QED) is 0.0236. The average Bonchev–Trinajstić information content (AvgIpc) is 1.54. The van der Waals surface area contributed by atoms with Gasteiger partial charge in [-0.25, -0.2) is 28.3 Å². The highest BCUT2D eigenvalue weighted by Crippen LogP contribution is 2.48. The van der Waals surface area contributed by atoms with Crippen LogP contribution in [0.4, 0.5) is 30.0 Å². The highest BCUT2D eigenvalue weighted by atomic mass is 79.9. The van der Waals surface area contributed by atoms with E-state index in [1.165, 1.54) is 24.3 Å². The molecule has 568 valence electrons. The molecule has 0 aliphatic heterocycles. The highest BCUT2D eigenvalue weighted by molar-refractivity contribution is 9.11. The number of benzene rings is 2. The number of rotatable bonds is 32. The van der Waals surface area contributed by atoms with Gasteiger partial charge in [0.05, 0.1) is 69.0 Å². The van der Waals surface area contributed by atoms with Gasteiger partial charge in [0, 0.05) is 110 Å². The fourth-order valence-corrected chi connectivity index (χ4v) is 15.9. The number of carbonyl (C=O) groups excluding carboxylic acids is 2. The van der Waals surface area contributed by atoms with E-state index in [-0.39, 0.29) is 69.9 Å². The first kappa shape index (κ1) is 82.2. The Labute approximate surface area is 633 Å². The molecule has 8 aromatic rings. The number of aliphatic hydroxyl groups excluding tert-OH is 1. The number of pyridine rings is 2. The molecule has 2 aliphatic carbocycles. The summed E-state index contributed by atoms with van der Waals surface area (Å²) in [5.74, 6) is 0.670. The average molecular weight is 1630 g/mol. The van der Waals surface area contributed by atoms with E-state index < -0.39 is 55.1 Å². The van der Waals surface area contributed by atoms with Crippen molar-refractivity contribution in [1.29, 1.82) is 0 Å². The first-order chi connectivity index (χ1) is 48.6. The molecule has 21 nitrogen and oxygen atoms in total. The zero-order valence-corrected chi connectivity index (χ0v) is 71.8. The number of fused-ring (bicyclic) bond motifs is 4. The predicted octanol–water partition coefficient (Wildman–Crippen LogP) is 18.5. The van der Waals surface area contributed by atoms with Crippen molar-refractivity contribution in [2.24, 2.45) is 0 Å². The molecule has 0 unspecified atom stereocenters.